The van der Waals surface area contributed by atoms with Gasteiger partial charge in [0.1, 0.15) is 5.76 Å². The lowest BCUT2D eigenvalue weighted by Gasteiger charge is -2.18. The van der Waals surface area contributed by atoms with Crippen LogP contribution in [0.25, 0.3) is 11.3 Å². The molecule has 1 amide bonds. The zero-order valence-corrected chi connectivity index (χ0v) is 18.1. The number of carbonyl (C=O) groups excluding carboxylic acids is 1. The van der Waals surface area contributed by atoms with Gasteiger partial charge in [0.05, 0.1) is 0 Å². The van der Waals surface area contributed by atoms with Gasteiger partial charge in [0, 0.05) is 37.5 Å². The molecule has 0 radical (unpaired) electrons. The number of alkyl halides is 2. The van der Waals surface area contributed by atoms with Crippen LogP contribution < -0.4 is 5.32 Å². The first-order chi connectivity index (χ1) is 15.3. The average Bonchev–Trinajstić information content (AvgIpc) is 3.17. The topological polar surface area (TPSA) is 53.9 Å². The zero-order chi connectivity index (χ0) is 23.3. The van der Waals surface area contributed by atoms with Gasteiger partial charge in [0.25, 0.3) is 11.8 Å². The molecule has 2 aromatic rings. The molecule has 0 spiro atoms. The molecule has 0 aromatic heterocycles. The van der Waals surface area contributed by atoms with Crippen LogP contribution in [0.5, 0.6) is 0 Å². The highest BCUT2D eigenvalue weighted by Gasteiger charge is 2.19. The van der Waals surface area contributed by atoms with E-state index in [1.165, 1.54) is 7.05 Å². The van der Waals surface area contributed by atoms with E-state index in [-0.39, 0.29) is 11.7 Å². The van der Waals surface area contributed by atoms with Gasteiger partial charge in [-0.2, -0.15) is 8.78 Å². The first-order valence-corrected chi connectivity index (χ1v) is 10.0. The van der Waals surface area contributed by atoms with Crippen molar-refractivity contribution in [3.05, 3.63) is 95.8 Å². The molecule has 32 heavy (non-hydrogen) atoms. The fourth-order valence-electron chi connectivity index (χ4n) is 3.32. The van der Waals surface area contributed by atoms with Crippen LogP contribution in [0.15, 0.2) is 73.0 Å². The highest BCUT2D eigenvalue weighted by atomic mass is 19.3. The Labute approximate surface area is 186 Å². The highest BCUT2D eigenvalue weighted by molar-refractivity contribution is 5.99. The van der Waals surface area contributed by atoms with Crippen LogP contribution in [0.2, 0.25) is 0 Å². The molecular formula is C25H25F2N3O2. The summed E-state index contributed by atoms with van der Waals surface area (Å²) < 4.78 is 30.7. The van der Waals surface area contributed by atoms with E-state index in [1.807, 2.05) is 48.4 Å². The van der Waals surface area contributed by atoms with Crippen molar-refractivity contribution in [2.45, 2.75) is 26.4 Å². The Morgan fingerprint density at radius 3 is 2.56 bits per heavy atom. The fraction of sp³-hybridized carbons (Fsp3) is 0.200. The van der Waals surface area contributed by atoms with Gasteiger partial charge in [-0.3, -0.25) is 9.79 Å². The second kappa shape index (κ2) is 10.0. The molecule has 3 rings (SSSR count). The van der Waals surface area contributed by atoms with Crippen LogP contribution >= 0.6 is 0 Å². The Morgan fingerprint density at radius 2 is 1.94 bits per heavy atom. The summed E-state index contributed by atoms with van der Waals surface area (Å²) in [5.74, 6) is -0.609. The summed E-state index contributed by atoms with van der Waals surface area (Å²) in [6.45, 7) is 10.7. The molecule has 0 saturated heterocycles. The summed E-state index contributed by atoms with van der Waals surface area (Å²) in [6, 6.07) is 13.1. The molecule has 5 nitrogen and oxygen atoms in total. The van der Waals surface area contributed by atoms with Crippen LogP contribution in [0.4, 0.5) is 8.78 Å². The monoisotopic (exact) mass is 437 g/mol. The van der Waals surface area contributed by atoms with Gasteiger partial charge in [-0.1, -0.05) is 49.6 Å². The minimum absolute atomic E-state index is 0.0493. The van der Waals surface area contributed by atoms with E-state index in [2.05, 4.69) is 23.5 Å². The third kappa shape index (κ3) is 5.29. The average molecular weight is 437 g/mol. The molecule has 7 heteroatoms. The van der Waals surface area contributed by atoms with Gasteiger partial charge in [-0.15, -0.1) is 0 Å². The molecule has 0 aliphatic carbocycles. The summed E-state index contributed by atoms with van der Waals surface area (Å²) in [5, 5.41) is 2.82. The molecule has 1 N–H and O–H groups in total. The third-order valence-corrected chi connectivity index (χ3v) is 5.12. The SMILES string of the molecule is C=CN(/C=C(\C)c1ccc2c(c1)C(=O)NC2)Cc1ccc(C(=C)OC(=NC)C(F)F)cc1. The second-order valence-corrected chi connectivity index (χ2v) is 7.31. The largest absolute Gasteiger partial charge is 0.438 e. The highest BCUT2D eigenvalue weighted by Crippen LogP contribution is 2.23. The van der Waals surface area contributed by atoms with Crippen LogP contribution in [0.3, 0.4) is 0 Å². The smallest absolute Gasteiger partial charge is 0.312 e. The standard InChI is InChI=1S/C25H25F2N3O2/c1-5-30(14-16(2)20-10-11-21-13-29-24(31)22(21)12-20)15-18-6-8-19(9-7-18)17(3)32-25(28-4)23(26)27/h5-12,14,23H,1,3,13,15H2,2,4H3,(H,29,31)/b16-14+,28-25?. The Hall–Kier alpha value is -3.74. The Kier molecular flexibility index (Phi) is 7.20. The van der Waals surface area contributed by atoms with Crippen molar-refractivity contribution in [2.24, 2.45) is 4.99 Å². The Balaban J connectivity index is 1.69. The van der Waals surface area contributed by atoms with E-state index in [9.17, 15) is 13.6 Å². The van der Waals surface area contributed by atoms with E-state index in [0.29, 0.717) is 24.2 Å². The van der Waals surface area contributed by atoms with Gasteiger partial charge in [-0.05, 0) is 41.5 Å². The molecule has 0 atom stereocenters. The molecule has 0 unspecified atom stereocenters. The summed E-state index contributed by atoms with van der Waals surface area (Å²) in [6.07, 6.45) is 0.878. The normalized spacial score (nSPS) is 13.6. The van der Waals surface area contributed by atoms with E-state index in [4.69, 9.17) is 4.74 Å². The first kappa shape index (κ1) is 22.9. The van der Waals surface area contributed by atoms with Crippen LogP contribution in [0, 0.1) is 0 Å². The molecule has 1 aliphatic heterocycles. The number of carbonyl (C=O) groups is 1. The van der Waals surface area contributed by atoms with Gasteiger partial charge in [0.15, 0.2) is 0 Å². The number of nitrogens with one attached hydrogen (secondary N) is 1. The number of rotatable bonds is 8. The van der Waals surface area contributed by atoms with Crippen molar-refractivity contribution in [2.75, 3.05) is 7.05 Å². The van der Waals surface area contributed by atoms with Gasteiger partial charge < -0.3 is 15.0 Å². The van der Waals surface area contributed by atoms with Crippen molar-refractivity contribution >= 4 is 23.1 Å². The van der Waals surface area contributed by atoms with Crippen LogP contribution in [0.1, 0.15) is 39.5 Å². The molecule has 166 valence electrons. The van der Waals surface area contributed by atoms with Crippen molar-refractivity contribution in [3.8, 4) is 0 Å². The number of benzene rings is 2. The molecule has 0 saturated carbocycles. The maximum absolute atomic E-state index is 12.8. The molecule has 1 heterocycles. The molecule has 1 aliphatic rings. The van der Waals surface area contributed by atoms with Crippen molar-refractivity contribution in [1.29, 1.82) is 0 Å². The van der Waals surface area contributed by atoms with Gasteiger partial charge in [-0.25, -0.2) is 0 Å². The van der Waals surface area contributed by atoms with Gasteiger partial charge >= 0.3 is 6.43 Å². The maximum Gasteiger partial charge on any atom is 0.312 e. The summed E-state index contributed by atoms with van der Waals surface area (Å²) >= 11 is 0. The van der Waals surface area contributed by atoms with Gasteiger partial charge in [0.2, 0.25) is 0 Å². The van der Waals surface area contributed by atoms with Crippen LogP contribution in [-0.4, -0.2) is 30.2 Å². The first-order valence-electron chi connectivity index (χ1n) is 10.0. The van der Waals surface area contributed by atoms with E-state index >= 15 is 0 Å². The Morgan fingerprint density at radius 1 is 1.25 bits per heavy atom. The minimum Gasteiger partial charge on any atom is -0.438 e. The lowest BCUT2D eigenvalue weighted by atomic mass is 10.0. The number of fused-ring (bicyclic) bond motifs is 1. The lowest BCUT2D eigenvalue weighted by Crippen LogP contribution is -2.14. The summed E-state index contributed by atoms with van der Waals surface area (Å²) in [7, 11) is 1.24. The number of hydrogen-bond donors (Lipinski definition) is 1. The molecular weight excluding hydrogens is 412 g/mol. The number of nitrogens with zero attached hydrogens (tertiary/aromatic N) is 2. The molecule has 0 bridgehead atoms. The number of hydrogen-bond acceptors (Lipinski definition) is 4. The number of aliphatic imine (C=N–C) groups is 1. The number of allylic oxidation sites excluding steroid dienone is 1. The summed E-state index contributed by atoms with van der Waals surface area (Å²) in [4.78, 5) is 17.3. The number of halogens is 2. The van der Waals surface area contributed by atoms with E-state index in [0.717, 1.165) is 22.3 Å². The number of ether oxygens (including phenoxy) is 1. The predicted octanol–water partition coefficient (Wildman–Crippen LogP) is 5.22. The van der Waals surface area contributed by atoms with Crippen molar-refractivity contribution < 1.29 is 18.3 Å². The summed E-state index contributed by atoms with van der Waals surface area (Å²) in [5.41, 5.74) is 5.24. The fourth-order valence-corrected chi connectivity index (χ4v) is 3.32. The van der Waals surface area contributed by atoms with E-state index in [1.54, 1.807) is 18.3 Å². The third-order valence-electron chi connectivity index (χ3n) is 5.12. The maximum atomic E-state index is 12.8. The zero-order valence-electron chi connectivity index (χ0n) is 18.1. The second-order valence-electron chi connectivity index (χ2n) is 7.31. The van der Waals surface area contributed by atoms with Crippen molar-refractivity contribution in [1.82, 2.24) is 10.2 Å². The van der Waals surface area contributed by atoms with Crippen LogP contribution in [-0.2, 0) is 17.8 Å². The molecule has 2 aromatic carbocycles. The number of amides is 1. The minimum atomic E-state index is -2.80. The van der Waals surface area contributed by atoms with Crippen molar-refractivity contribution in [3.63, 3.8) is 0 Å². The lowest BCUT2D eigenvalue weighted by molar-refractivity contribution is 0.0965. The quantitative estimate of drug-likeness (QED) is 0.350. The molecule has 0 fully saturated rings. The predicted molar refractivity (Wildman–Crippen MR) is 123 cm³/mol. The Bertz CT molecular complexity index is 1090. The van der Waals surface area contributed by atoms with E-state index < -0.39 is 12.3 Å².